The minimum Gasteiger partial charge on any atom is -0.324 e. The van der Waals surface area contributed by atoms with Crippen molar-refractivity contribution < 1.29 is 4.39 Å². The van der Waals surface area contributed by atoms with Crippen LogP contribution in [0.25, 0.3) is 11.0 Å². The standard InChI is InChI=1S/C16H19Cl2FN2/c1-9-3-4-11(5-10(9)2)21-15-7-13(19)12(18)6-14(15)20-16(21)8-17/h6-7,9-11H,3-5,8H2,1-2H3. The smallest absolute Gasteiger partial charge is 0.144 e. The molecule has 0 N–H and O–H groups in total. The summed E-state index contributed by atoms with van der Waals surface area (Å²) in [5.41, 5.74) is 1.53. The van der Waals surface area contributed by atoms with Gasteiger partial charge in [0.2, 0.25) is 0 Å². The molecule has 2 aromatic rings. The van der Waals surface area contributed by atoms with Gasteiger partial charge in [-0.25, -0.2) is 9.37 Å². The molecule has 1 aliphatic rings. The minimum atomic E-state index is -0.399. The molecule has 5 heteroatoms. The molecule has 1 heterocycles. The van der Waals surface area contributed by atoms with E-state index in [9.17, 15) is 4.39 Å². The third-order valence-electron chi connectivity index (χ3n) is 4.86. The van der Waals surface area contributed by atoms with Crippen LogP contribution >= 0.6 is 23.2 Å². The van der Waals surface area contributed by atoms with Gasteiger partial charge in [-0.2, -0.15) is 0 Å². The summed E-state index contributed by atoms with van der Waals surface area (Å²) in [7, 11) is 0. The highest BCUT2D eigenvalue weighted by Gasteiger charge is 2.28. The number of hydrogen-bond donors (Lipinski definition) is 0. The molecule has 0 radical (unpaired) electrons. The van der Waals surface area contributed by atoms with E-state index in [2.05, 4.69) is 23.4 Å². The number of fused-ring (bicyclic) bond motifs is 1. The quantitative estimate of drug-likeness (QED) is 0.659. The molecule has 1 saturated carbocycles. The summed E-state index contributed by atoms with van der Waals surface area (Å²) in [6.07, 6.45) is 3.36. The van der Waals surface area contributed by atoms with Crippen LogP contribution in [0.3, 0.4) is 0 Å². The minimum absolute atomic E-state index is 0.110. The first-order valence-electron chi connectivity index (χ1n) is 7.43. The maximum Gasteiger partial charge on any atom is 0.144 e. The van der Waals surface area contributed by atoms with Crippen molar-refractivity contribution in [2.75, 3.05) is 0 Å². The van der Waals surface area contributed by atoms with Gasteiger partial charge in [0.15, 0.2) is 0 Å². The number of benzene rings is 1. The molecule has 0 saturated heterocycles. The lowest BCUT2D eigenvalue weighted by Crippen LogP contribution is -2.24. The van der Waals surface area contributed by atoms with Crippen LogP contribution in [0.5, 0.6) is 0 Å². The molecule has 0 aliphatic heterocycles. The van der Waals surface area contributed by atoms with Crippen molar-refractivity contribution in [2.45, 2.75) is 45.0 Å². The Kier molecular flexibility index (Phi) is 4.15. The molecule has 3 rings (SSSR count). The zero-order chi connectivity index (χ0) is 15.1. The zero-order valence-electron chi connectivity index (χ0n) is 12.2. The van der Waals surface area contributed by atoms with Crippen LogP contribution in [0.1, 0.15) is 45.0 Å². The lowest BCUT2D eigenvalue weighted by molar-refractivity contribution is 0.211. The first-order chi connectivity index (χ1) is 10.0. The van der Waals surface area contributed by atoms with E-state index in [1.165, 1.54) is 12.5 Å². The number of imidazole rings is 1. The Morgan fingerprint density at radius 3 is 2.71 bits per heavy atom. The molecule has 0 spiro atoms. The number of aromatic nitrogens is 2. The molecule has 0 bridgehead atoms. The summed E-state index contributed by atoms with van der Waals surface area (Å²) >= 11 is 11.9. The van der Waals surface area contributed by atoms with Crippen molar-refractivity contribution in [1.82, 2.24) is 9.55 Å². The van der Waals surface area contributed by atoms with Crippen LogP contribution in [-0.4, -0.2) is 9.55 Å². The molecular weight excluding hydrogens is 310 g/mol. The number of halogens is 3. The van der Waals surface area contributed by atoms with Gasteiger partial charge in [0.05, 0.1) is 21.9 Å². The fraction of sp³-hybridized carbons (Fsp3) is 0.562. The first kappa shape index (κ1) is 15.1. The topological polar surface area (TPSA) is 17.8 Å². The summed E-state index contributed by atoms with van der Waals surface area (Å²) in [4.78, 5) is 4.53. The largest absolute Gasteiger partial charge is 0.324 e. The summed E-state index contributed by atoms with van der Waals surface area (Å²) in [6.45, 7) is 4.59. The van der Waals surface area contributed by atoms with Gasteiger partial charge >= 0.3 is 0 Å². The van der Waals surface area contributed by atoms with Gasteiger partial charge in [0.25, 0.3) is 0 Å². The van der Waals surface area contributed by atoms with Crippen LogP contribution in [0.2, 0.25) is 5.02 Å². The van der Waals surface area contributed by atoms with Crippen LogP contribution in [0.15, 0.2) is 12.1 Å². The Balaban J connectivity index is 2.10. The highest BCUT2D eigenvalue weighted by atomic mass is 35.5. The van der Waals surface area contributed by atoms with E-state index in [1.807, 2.05) is 0 Å². The van der Waals surface area contributed by atoms with Gasteiger partial charge in [-0.15, -0.1) is 11.6 Å². The Labute approximate surface area is 134 Å². The van der Waals surface area contributed by atoms with Crippen molar-refractivity contribution >= 4 is 34.2 Å². The van der Waals surface area contributed by atoms with Crippen molar-refractivity contribution in [3.63, 3.8) is 0 Å². The van der Waals surface area contributed by atoms with E-state index in [1.54, 1.807) is 6.07 Å². The van der Waals surface area contributed by atoms with Crippen LogP contribution in [0, 0.1) is 17.7 Å². The van der Waals surface area contributed by atoms with Gasteiger partial charge in [-0.05, 0) is 37.2 Å². The molecule has 1 fully saturated rings. The molecular formula is C16H19Cl2FN2. The van der Waals surface area contributed by atoms with Gasteiger partial charge in [0.1, 0.15) is 11.6 Å². The molecule has 2 nitrogen and oxygen atoms in total. The first-order valence-corrected chi connectivity index (χ1v) is 8.34. The maximum atomic E-state index is 13.8. The molecule has 1 aliphatic carbocycles. The summed E-state index contributed by atoms with van der Waals surface area (Å²) < 4.78 is 16.0. The normalized spacial score (nSPS) is 26.4. The average Bonchev–Trinajstić information content (AvgIpc) is 2.80. The molecule has 1 aromatic carbocycles. The maximum absolute atomic E-state index is 13.8. The third-order valence-corrected chi connectivity index (χ3v) is 5.39. The second-order valence-electron chi connectivity index (χ2n) is 6.21. The fourth-order valence-electron chi connectivity index (χ4n) is 3.40. The molecule has 3 unspecified atom stereocenters. The second kappa shape index (κ2) is 5.77. The lowest BCUT2D eigenvalue weighted by Gasteiger charge is -2.33. The van der Waals surface area contributed by atoms with Crippen molar-refractivity contribution in [1.29, 1.82) is 0 Å². The lowest BCUT2D eigenvalue weighted by atomic mass is 9.79. The fourth-order valence-corrected chi connectivity index (χ4v) is 3.74. The molecule has 1 aromatic heterocycles. The average molecular weight is 329 g/mol. The molecule has 3 atom stereocenters. The summed E-state index contributed by atoms with van der Waals surface area (Å²) in [6, 6.07) is 3.42. The van der Waals surface area contributed by atoms with E-state index in [0.29, 0.717) is 17.8 Å². The van der Waals surface area contributed by atoms with Crippen LogP contribution < -0.4 is 0 Å². The zero-order valence-corrected chi connectivity index (χ0v) is 13.8. The van der Waals surface area contributed by atoms with E-state index < -0.39 is 5.82 Å². The Hall–Kier alpha value is -0.800. The Bertz CT molecular complexity index is 668. The van der Waals surface area contributed by atoms with Crippen molar-refractivity contribution in [2.24, 2.45) is 11.8 Å². The number of alkyl halides is 1. The van der Waals surface area contributed by atoms with E-state index in [-0.39, 0.29) is 5.02 Å². The van der Waals surface area contributed by atoms with Crippen molar-refractivity contribution in [3.8, 4) is 0 Å². The summed E-state index contributed by atoms with van der Waals surface area (Å²) in [5, 5.41) is 0.110. The third kappa shape index (κ3) is 2.66. The van der Waals surface area contributed by atoms with Crippen LogP contribution in [0.4, 0.5) is 4.39 Å². The monoisotopic (exact) mass is 328 g/mol. The highest BCUT2D eigenvalue weighted by Crippen LogP contribution is 2.39. The number of hydrogen-bond acceptors (Lipinski definition) is 1. The number of rotatable bonds is 2. The van der Waals surface area contributed by atoms with Crippen molar-refractivity contribution in [3.05, 3.63) is 28.8 Å². The van der Waals surface area contributed by atoms with Gasteiger partial charge < -0.3 is 4.57 Å². The highest BCUT2D eigenvalue weighted by molar-refractivity contribution is 6.31. The van der Waals surface area contributed by atoms with Gasteiger partial charge in [-0.3, -0.25) is 0 Å². The Morgan fingerprint density at radius 1 is 1.29 bits per heavy atom. The summed E-state index contributed by atoms with van der Waals surface area (Å²) in [5.74, 6) is 2.13. The van der Waals surface area contributed by atoms with Crippen LogP contribution in [-0.2, 0) is 5.88 Å². The van der Waals surface area contributed by atoms with E-state index in [4.69, 9.17) is 23.2 Å². The van der Waals surface area contributed by atoms with Gasteiger partial charge in [0, 0.05) is 12.1 Å². The predicted octanol–water partition coefficient (Wildman–Crippen LogP) is 5.56. The molecule has 114 valence electrons. The second-order valence-corrected chi connectivity index (χ2v) is 6.88. The van der Waals surface area contributed by atoms with E-state index in [0.717, 1.165) is 35.6 Å². The Morgan fingerprint density at radius 2 is 2.05 bits per heavy atom. The molecule has 21 heavy (non-hydrogen) atoms. The van der Waals surface area contributed by atoms with E-state index >= 15 is 0 Å². The predicted molar refractivity (Wildman–Crippen MR) is 85.5 cm³/mol. The van der Waals surface area contributed by atoms with Gasteiger partial charge in [-0.1, -0.05) is 25.4 Å². The molecule has 0 amide bonds. The number of nitrogens with zero attached hydrogens (tertiary/aromatic N) is 2. The SMILES string of the molecule is CC1CCC(n2c(CCl)nc3cc(Cl)c(F)cc32)CC1C.